The summed E-state index contributed by atoms with van der Waals surface area (Å²) in [5.74, 6) is 0. The largest absolute Gasteiger partial charge is 0.367 e. The zero-order valence-electron chi connectivity index (χ0n) is 10.3. The quantitative estimate of drug-likeness (QED) is 0.911. The van der Waals surface area contributed by atoms with E-state index in [1.807, 2.05) is 6.07 Å². The highest BCUT2D eigenvalue weighted by atomic mass is 79.9. The van der Waals surface area contributed by atoms with Crippen LogP contribution in [0.2, 0.25) is 0 Å². The maximum absolute atomic E-state index is 5.93. The molecule has 1 aromatic rings. The Morgan fingerprint density at radius 1 is 1.53 bits per heavy atom. The van der Waals surface area contributed by atoms with Crippen LogP contribution in [-0.4, -0.2) is 31.3 Å². The van der Waals surface area contributed by atoms with E-state index in [9.17, 15) is 0 Å². The molecule has 0 bridgehead atoms. The molecule has 1 heterocycles. The van der Waals surface area contributed by atoms with Crippen LogP contribution in [0.4, 0.5) is 5.69 Å². The fraction of sp³-hybridized carbons (Fsp3) is 0.538. The molecule has 94 valence electrons. The van der Waals surface area contributed by atoms with E-state index in [1.54, 1.807) is 0 Å². The number of rotatable bonds is 2. The minimum atomic E-state index is -0.148. The first-order valence-electron chi connectivity index (χ1n) is 5.88. The van der Waals surface area contributed by atoms with Crippen LogP contribution in [0.1, 0.15) is 13.8 Å². The molecule has 17 heavy (non-hydrogen) atoms. The average Bonchev–Trinajstić information content (AvgIpc) is 2.27. The highest BCUT2D eigenvalue weighted by molar-refractivity contribution is 9.10. The predicted octanol–water partition coefficient (Wildman–Crippen LogP) is 2.39. The molecule has 1 atom stereocenters. The van der Waals surface area contributed by atoms with Gasteiger partial charge in [-0.15, -0.1) is 0 Å². The fourth-order valence-corrected chi connectivity index (χ4v) is 2.68. The second-order valence-corrected chi connectivity index (χ2v) is 6.01. The molecule has 0 aromatic heterocycles. The van der Waals surface area contributed by atoms with Gasteiger partial charge in [0.1, 0.15) is 0 Å². The second-order valence-electron chi connectivity index (χ2n) is 5.10. The number of benzene rings is 1. The van der Waals surface area contributed by atoms with E-state index >= 15 is 0 Å². The Kier molecular flexibility index (Phi) is 3.76. The van der Waals surface area contributed by atoms with Crippen molar-refractivity contribution in [3.63, 3.8) is 0 Å². The number of hydrogen-bond acceptors (Lipinski definition) is 3. The summed E-state index contributed by atoms with van der Waals surface area (Å²) in [4.78, 5) is 2.34. The predicted molar refractivity (Wildman–Crippen MR) is 74.4 cm³/mol. The Bertz CT molecular complexity index is 395. The molecule has 1 aliphatic rings. The van der Waals surface area contributed by atoms with Gasteiger partial charge in [-0.3, -0.25) is 0 Å². The van der Waals surface area contributed by atoms with Gasteiger partial charge in [0.05, 0.1) is 11.7 Å². The van der Waals surface area contributed by atoms with Gasteiger partial charge in [-0.2, -0.15) is 0 Å². The van der Waals surface area contributed by atoms with E-state index in [-0.39, 0.29) is 11.7 Å². The first kappa shape index (κ1) is 12.9. The molecule has 1 aromatic carbocycles. The number of anilines is 1. The highest BCUT2D eigenvalue weighted by Gasteiger charge is 2.32. The summed E-state index contributed by atoms with van der Waals surface area (Å²) in [5, 5.41) is 0. The third-order valence-electron chi connectivity index (χ3n) is 2.92. The highest BCUT2D eigenvalue weighted by Crippen LogP contribution is 2.27. The van der Waals surface area contributed by atoms with Gasteiger partial charge >= 0.3 is 0 Å². The number of nitrogens with zero attached hydrogens (tertiary/aromatic N) is 1. The minimum Gasteiger partial charge on any atom is -0.367 e. The Morgan fingerprint density at radius 3 is 2.94 bits per heavy atom. The summed E-state index contributed by atoms with van der Waals surface area (Å²) in [5.41, 5.74) is 6.80. The third kappa shape index (κ3) is 3.21. The second kappa shape index (κ2) is 4.96. The van der Waals surface area contributed by atoms with E-state index in [4.69, 9.17) is 10.5 Å². The third-order valence-corrected chi connectivity index (χ3v) is 3.41. The van der Waals surface area contributed by atoms with Gasteiger partial charge < -0.3 is 15.4 Å². The zero-order chi connectivity index (χ0) is 12.5. The summed E-state index contributed by atoms with van der Waals surface area (Å²) >= 11 is 3.51. The van der Waals surface area contributed by atoms with Gasteiger partial charge in [-0.1, -0.05) is 22.0 Å². The Labute approximate surface area is 111 Å². The van der Waals surface area contributed by atoms with Gasteiger partial charge in [0.2, 0.25) is 0 Å². The molecule has 1 saturated heterocycles. The first-order valence-corrected chi connectivity index (χ1v) is 6.68. The molecule has 1 fully saturated rings. The van der Waals surface area contributed by atoms with Crippen LogP contribution in [0.15, 0.2) is 28.7 Å². The topological polar surface area (TPSA) is 38.5 Å². The van der Waals surface area contributed by atoms with Crippen molar-refractivity contribution in [1.82, 2.24) is 0 Å². The van der Waals surface area contributed by atoms with Gasteiger partial charge in [0, 0.05) is 29.8 Å². The Balaban J connectivity index is 2.20. The van der Waals surface area contributed by atoms with E-state index in [0.717, 1.165) is 17.6 Å². The van der Waals surface area contributed by atoms with E-state index < -0.39 is 0 Å². The first-order chi connectivity index (χ1) is 8.00. The normalized spacial score (nSPS) is 23.8. The fourth-order valence-electron chi connectivity index (χ4n) is 2.29. The van der Waals surface area contributed by atoms with Crippen molar-refractivity contribution >= 4 is 21.6 Å². The summed E-state index contributed by atoms with van der Waals surface area (Å²) in [6.45, 7) is 6.53. The summed E-state index contributed by atoms with van der Waals surface area (Å²) in [6.07, 6.45) is 0.109. The molecular weight excluding hydrogens is 280 g/mol. The van der Waals surface area contributed by atoms with Crippen molar-refractivity contribution < 1.29 is 4.74 Å². The molecule has 0 spiro atoms. The van der Waals surface area contributed by atoms with Gasteiger partial charge in [-0.05, 0) is 32.0 Å². The van der Waals surface area contributed by atoms with E-state index in [2.05, 4.69) is 52.9 Å². The van der Waals surface area contributed by atoms with Gasteiger partial charge in [0.15, 0.2) is 0 Å². The molecule has 0 saturated carbocycles. The molecule has 1 aliphatic heterocycles. The molecule has 2 rings (SSSR count). The lowest BCUT2D eigenvalue weighted by Gasteiger charge is -2.43. The number of morpholine rings is 1. The molecule has 0 radical (unpaired) electrons. The number of ether oxygens (including phenoxy) is 1. The zero-order valence-corrected chi connectivity index (χ0v) is 11.9. The van der Waals surface area contributed by atoms with Gasteiger partial charge in [-0.25, -0.2) is 0 Å². The molecule has 0 amide bonds. The lowest BCUT2D eigenvalue weighted by molar-refractivity contribution is -0.0788. The lowest BCUT2D eigenvalue weighted by atomic mass is 10.0. The molecule has 1 unspecified atom stereocenters. The SMILES string of the molecule is CC1(C)CN(c2cccc(Br)c2)CC(CN)O1. The average molecular weight is 299 g/mol. The minimum absolute atomic E-state index is 0.109. The lowest BCUT2D eigenvalue weighted by Crippen LogP contribution is -2.54. The van der Waals surface area contributed by atoms with Crippen LogP contribution >= 0.6 is 15.9 Å². The van der Waals surface area contributed by atoms with E-state index in [0.29, 0.717) is 6.54 Å². The summed E-state index contributed by atoms with van der Waals surface area (Å²) < 4.78 is 7.03. The van der Waals surface area contributed by atoms with Crippen molar-refractivity contribution in [3.8, 4) is 0 Å². The molecule has 2 N–H and O–H groups in total. The van der Waals surface area contributed by atoms with Crippen LogP contribution in [0.5, 0.6) is 0 Å². The molecule has 4 heteroatoms. The maximum atomic E-state index is 5.93. The standard InChI is InChI=1S/C13H19BrN2O/c1-13(2)9-16(8-12(7-15)17-13)11-5-3-4-10(14)6-11/h3-6,12H,7-9,15H2,1-2H3. The van der Waals surface area contributed by atoms with E-state index in [1.165, 1.54) is 5.69 Å². The van der Waals surface area contributed by atoms with Crippen molar-refractivity contribution in [1.29, 1.82) is 0 Å². The van der Waals surface area contributed by atoms with Crippen LogP contribution < -0.4 is 10.6 Å². The van der Waals surface area contributed by atoms with Crippen molar-refractivity contribution in [2.24, 2.45) is 5.73 Å². The van der Waals surface area contributed by atoms with Crippen molar-refractivity contribution in [2.45, 2.75) is 25.6 Å². The summed E-state index contributed by atoms with van der Waals surface area (Å²) in [6, 6.07) is 8.35. The van der Waals surface area contributed by atoms with Crippen molar-refractivity contribution in [2.75, 3.05) is 24.5 Å². The molecule has 3 nitrogen and oxygen atoms in total. The Morgan fingerprint density at radius 2 is 2.29 bits per heavy atom. The number of nitrogens with two attached hydrogens (primary N) is 1. The smallest absolute Gasteiger partial charge is 0.0879 e. The van der Waals surface area contributed by atoms with Crippen LogP contribution in [0, 0.1) is 0 Å². The van der Waals surface area contributed by atoms with Crippen LogP contribution in [0.25, 0.3) is 0 Å². The maximum Gasteiger partial charge on any atom is 0.0879 e. The summed E-state index contributed by atoms with van der Waals surface area (Å²) in [7, 11) is 0. The molecule has 0 aliphatic carbocycles. The number of halogens is 1. The monoisotopic (exact) mass is 298 g/mol. The number of hydrogen-bond donors (Lipinski definition) is 1. The molecular formula is C13H19BrN2O. The van der Waals surface area contributed by atoms with Gasteiger partial charge in [0.25, 0.3) is 0 Å². The van der Waals surface area contributed by atoms with Crippen LogP contribution in [-0.2, 0) is 4.74 Å². The van der Waals surface area contributed by atoms with Crippen molar-refractivity contribution in [3.05, 3.63) is 28.7 Å². The van der Waals surface area contributed by atoms with Crippen LogP contribution in [0.3, 0.4) is 0 Å². The Hall–Kier alpha value is -0.580.